The minimum absolute atomic E-state index is 0.00151. The number of benzene rings is 6. The third-order valence-corrected chi connectivity index (χ3v) is 15.9. The number of rotatable bonds is 5. The van der Waals surface area contributed by atoms with E-state index in [1.807, 2.05) is 0 Å². The first-order valence-corrected chi connectivity index (χ1v) is 25.4. The van der Waals surface area contributed by atoms with E-state index >= 15 is 0 Å². The van der Waals surface area contributed by atoms with E-state index in [9.17, 15) is 0 Å². The van der Waals surface area contributed by atoms with Crippen LogP contribution in [0, 0.1) is 11.3 Å². The Balaban J connectivity index is 1.18. The van der Waals surface area contributed by atoms with E-state index < -0.39 is 0 Å². The van der Waals surface area contributed by atoms with Crippen molar-refractivity contribution in [3.63, 3.8) is 0 Å². The molecule has 0 saturated heterocycles. The largest absolute Gasteiger partial charge is 0.311 e. The van der Waals surface area contributed by atoms with Crippen molar-refractivity contribution in [3.8, 4) is 0 Å². The molecule has 2 aliphatic heterocycles. The summed E-state index contributed by atoms with van der Waals surface area (Å²) in [6.45, 7) is 25.9. The molecule has 3 aliphatic carbocycles. The summed E-state index contributed by atoms with van der Waals surface area (Å²) < 4.78 is 0. The summed E-state index contributed by atoms with van der Waals surface area (Å²) in [5, 5.41) is 0. The second kappa shape index (κ2) is 15.7. The monoisotopic (exact) mass is 880 g/mol. The Morgan fingerprint density at radius 1 is 0.552 bits per heavy atom. The first-order chi connectivity index (χ1) is 31.9. The van der Waals surface area contributed by atoms with Crippen LogP contribution in [0.15, 0.2) is 145 Å². The van der Waals surface area contributed by atoms with Crippen LogP contribution in [0.25, 0.3) is 0 Å². The van der Waals surface area contributed by atoms with Gasteiger partial charge in [-0.05, 0) is 189 Å². The summed E-state index contributed by atoms with van der Waals surface area (Å²) in [6, 6.07) is 47.9. The molecule has 67 heavy (non-hydrogen) atoms. The maximum atomic E-state index is 2.71. The van der Waals surface area contributed by atoms with E-state index in [-0.39, 0.29) is 28.4 Å². The molecule has 6 aromatic carbocycles. The number of anilines is 8. The van der Waals surface area contributed by atoms with Crippen LogP contribution in [0.1, 0.15) is 136 Å². The highest BCUT2D eigenvalue weighted by Gasteiger charge is 2.46. The fourth-order valence-electron chi connectivity index (χ4n) is 12.4. The van der Waals surface area contributed by atoms with E-state index in [2.05, 4.69) is 224 Å². The van der Waals surface area contributed by atoms with Gasteiger partial charge in [-0.3, -0.25) is 0 Å². The van der Waals surface area contributed by atoms with Gasteiger partial charge in [0, 0.05) is 51.2 Å². The van der Waals surface area contributed by atoms with Crippen molar-refractivity contribution in [2.45, 2.75) is 137 Å². The zero-order valence-electron chi connectivity index (χ0n) is 42.1. The van der Waals surface area contributed by atoms with Crippen LogP contribution in [0.4, 0.5) is 45.5 Å². The third kappa shape index (κ3) is 7.49. The van der Waals surface area contributed by atoms with E-state index in [4.69, 9.17) is 0 Å². The second-order valence-corrected chi connectivity index (χ2v) is 24.4. The van der Waals surface area contributed by atoms with Crippen LogP contribution < -0.4 is 31.1 Å². The van der Waals surface area contributed by atoms with Gasteiger partial charge in [-0.2, -0.15) is 0 Å². The third-order valence-electron chi connectivity index (χ3n) is 15.9. The maximum absolute atomic E-state index is 2.71. The number of nitrogens with zero attached hydrogens (tertiary/aromatic N) is 3. The quantitative estimate of drug-likeness (QED) is 0.160. The van der Waals surface area contributed by atoms with Crippen LogP contribution in [0.5, 0.6) is 0 Å². The molecule has 0 radical (unpaired) electrons. The predicted octanol–water partition coefficient (Wildman–Crippen LogP) is 15.3. The fourth-order valence-corrected chi connectivity index (χ4v) is 12.4. The molecule has 4 heteroatoms. The lowest BCUT2D eigenvalue weighted by atomic mass is 9.33. The van der Waals surface area contributed by atoms with Crippen molar-refractivity contribution in [1.29, 1.82) is 0 Å². The molecular weight excluding hydrogens is 810 g/mol. The lowest BCUT2D eigenvalue weighted by molar-refractivity contribution is 0.361. The van der Waals surface area contributed by atoms with Gasteiger partial charge in [0.05, 0.1) is 0 Å². The van der Waals surface area contributed by atoms with Gasteiger partial charge in [0.1, 0.15) is 0 Å². The highest BCUT2D eigenvalue weighted by Crippen LogP contribution is 2.53. The first kappa shape index (κ1) is 43.8. The molecule has 6 aromatic rings. The highest BCUT2D eigenvalue weighted by molar-refractivity contribution is 7.00. The number of allylic oxidation sites excluding steroid dienone is 3. The molecule has 340 valence electrons. The van der Waals surface area contributed by atoms with Crippen LogP contribution in [0.2, 0.25) is 0 Å². The Morgan fingerprint density at radius 2 is 1.09 bits per heavy atom. The Labute approximate surface area is 402 Å². The minimum atomic E-state index is 0.00151. The molecule has 1 atom stereocenters. The van der Waals surface area contributed by atoms with Crippen LogP contribution in [0.3, 0.4) is 0 Å². The number of hydrogen-bond acceptors (Lipinski definition) is 3. The molecule has 11 rings (SSSR count). The fraction of sp³-hybridized carbons (Fsp3) is 0.365. The van der Waals surface area contributed by atoms with Gasteiger partial charge in [0.25, 0.3) is 6.71 Å². The van der Waals surface area contributed by atoms with E-state index in [0.717, 1.165) is 25.7 Å². The minimum Gasteiger partial charge on any atom is -0.311 e. The molecule has 2 heterocycles. The van der Waals surface area contributed by atoms with Gasteiger partial charge < -0.3 is 14.7 Å². The van der Waals surface area contributed by atoms with Gasteiger partial charge in [-0.15, -0.1) is 0 Å². The topological polar surface area (TPSA) is 9.72 Å². The molecule has 3 nitrogen and oxygen atoms in total. The lowest BCUT2D eigenvalue weighted by Gasteiger charge is -2.46. The van der Waals surface area contributed by atoms with Gasteiger partial charge in [0.2, 0.25) is 0 Å². The zero-order valence-corrected chi connectivity index (χ0v) is 42.1. The molecule has 1 fully saturated rings. The molecule has 0 spiro atoms. The Kier molecular flexibility index (Phi) is 10.2. The van der Waals surface area contributed by atoms with Gasteiger partial charge >= 0.3 is 0 Å². The molecule has 0 amide bonds. The van der Waals surface area contributed by atoms with Crippen LogP contribution >= 0.6 is 0 Å². The maximum Gasteiger partial charge on any atom is 0.252 e. The SMILES string of the molecule is CC1(C)CC2=C(N3c4cc(N(c5ccc(C(C)(C)C)cc5)c5ccc(C(C)(C)C)cc5)ccc4B4c5ccc(C(C)(C)C)cc5N(c5cccc6c5CCCC6)c5cccc3c54)C=CCC2C1. The van der Waals surface area contributed by atoms with Gasteiger partial charge in [-0.1, -0.05) is 143 Å². The molecule has 1 unspecified atom stereocenters. The molecule has 0 aromatic heterocycles. The molecular formula is C63H70BN3. The summed E-state index contributed by atoms with van der Waals surface area (Å²) in [5.41, 5.74) is 24.7. The average molecular weight is 880 g/mol. The van der Waals surface area contributed by atoms with Crippen molar-refractivity contribution in [2.24, 2.45) is 11.3 Å². The molecule has 1 saturated carbocycles. The van der Waals surface area contributed by atoms with Crippen molar-refractivity contribution < 1.29 is 0 Å². The molecule has 5 aliphatic rings. The predicted molar refractivity (Wildman–Crippen MR) is 289 cm³/mol. The summed E-state index contributed by atoms with van der Waals surface area (Å²) in [6.07, 6.45) is 13.2. The Hall–Kier alpha value is -5.74. The first-order valence-electron chi connectivity index (χ1n) is 25.4. The standard InChI is InChI=1S/C63H70BN3/c1-60(2,3)43-25-30-46(31-26-43)65(47-32-27-44(28-33-47)61(4,5)6)48-34-36-52-58(38-48)67(54-22-15-19-42-39-63(10,11)40-50(42)54)56-24-16-23-55-59(56)64(52)51-35-29-45(62(7,8)9)37-57(51)66(55)53-21-14-18-41-17-12-13-20-49(41)53/h14-16,18,21-38,42H,12-13,17,19-20,39-40H2,1-11H3. The Morgan fingerprint density at radius 3 is 1.73 bits per heavy atom. The second-order valence-electron chi connectivity index (χ2n) is 24.4. The van der Waals surface area contributed by atoms with Crippen molar-refractivity contribution >= 4 is 68.6 Å². The number of aryl methyl sites for hydroxylation is 1. The summed E-state index contributed by atoms with van der Waals surface area (Å²) in [4.78, 5) is 7.89. The molecule has 0 N–H and O–H groups in total. The normalized spacial score (nSPS) is 18.3. The van der Waals surface area contributed by atoms with Crippen molar-refractivity contribution in [3.05, 3.63) is 173 Å². The molecule has 0 bridgehead atoms. The van der Waals surface area contributed by atoms with Crippen molar-refractivity contribution in [2.75, 3.05) is 14.7 Å². The average Bonchev–Trinajstić information content (AvgIpc) is 3.62. The van der Waals surface area contributed by atoms with E-state index in [1.54, 1.807) is 5.57 Å². The van der Waals surface area contributed by atoms with Crippen LogP contribution in [-0.2, 0) is 29.1 Å². The summed E-state index contributed by atoms with van der Waals surface area (Å²) in [7, 11) is 0. The smallest absolute Gasteiger partial charge is 0.252 e. The van der Waals surface area contributed by atoms with Crippen LogP contribution in [-0.4, -0.2) is 6.71 Å². The van der Waals surface area contributed by atoms with E-state index in [1.165, 1.54) is 115 Å². The Bertz CT molecular complexity index is 2920. The number of hydrogen-bond donors (Lipinski definition) is 0. The zero-order chi connectivity index (χ0) is 46.8. The van der Waals surface area contributed by atoms with Gasteiger partial charge in [0.15, 0.2) is 0 Å². The number of fused-ring (bicyclic) bond motifs is 6. The summed E-state index contributed by atoms with van der Waals surface area (Å²) in [5.74, 6) is 0.557. The van der Waals surface area contributed by atoms with Gasteiger partial charge in [-0.25, -0.2) is 0 Å². The lowest BCUT2D eigenvalue weighted by Crippen LogP contribution is -2.62. The van der Waals surface area contributed by atoms with Crippen molar-refractivity contribution in [1.82, 2.24) is 0 Å². The summed E-state index contributed by atoms with van der Waals surface area (Å²) >= 11 is 0. The highest BCUT2D eigenvalue weighted by atomic mass is 15.2. The van der Waals surface area contributed by atoms with E-state index in [0.29, 0.717) is 5.92 Å².